The lowest BCUT2D eigenvalue weighted by Gasteiger charge is -1.94. The van der Waals surface area contributed by atoms with Crippen LogP contribution in [0, 0.1) is 0 Å². The van der Waals surface area contributed by atoms with E-state index in [0.717, 1.165) is 10.2 Å². The fraction of sp³-hybridized carbons (Fsp3) is 0. The Balaban J connectivity index is 2.15. The molecule has 2 rings (SSSR count). The van der Waals surface area contributed by atoms with E-state index in [2.05, 4.69) is 20.2 Å². The van der Waals surface area contributed by atoms with Crippen LogP contribution in [0.4, 0.5) is 0 Å². The molecule has 13 heavy (non-hydrogen) atoms. The van der Waals surface area contributed by atoms with Crippen molar-refractivity contribution in [1.29, 1.82) is 0 Å². The van der Waals surface area contributed by atoms with Crippen LogP contribution < -0.4 is 0 Å². The van der Waals surface area contributed by atoms with Gasteiger partial charge in [0.05, 0.1) is 0 Å². The molecule has 0 bridgehead atoms. The van der Waals surface area contributed by atoms with E-state index in [1.165, 1.54) is 11.8 Å². The van der Waals surface area contributed by atoms with Gasteiger partial charge < -0.3 is 4.98 Å². The summed E-state index contributed by atoms with van der Waals surface area (Å²) in [4.78, 5) is 6.99. The largest absolute Gasteiger partial charge is 0.339 e. The molecule has 2 aromatic rings. The van der Waals surface area contributed by atoms with E-state index >= 15 is 0 Å². The zero-order valence-electron chi connectivity index (χ0n) is 6.44. The van der Waals surface area contributed by atoms with Crippen LogP contribution in [-0.2, 0) is 0 Å². The van der Waals surface area contributed by atoms with E-state index in [-0.39, 0.29) is 0 Å². The van der Waals surface area contributed by atoms with Crippen LogP contribution in [-0.4, -0.2) is 20.2 Å². The zero-order valence-corrected chi connectivity index (χ0v) is 8.01. The van der Waals surface area contributed by atoms with E-state index in [9.17, 15) is 0 Å². The number of hydrogen-bond acceptors (Lipinski definition) is 4. The van der Waals surface area contributed by atoms with Gasteiger partial charge >= 0.3 is 0 Å². The fourth-order valence-corrected chi connectivity index (χ4v) is 1.52. The van der Waals surface area contributed by atoms with Crippen molar-refractivity contribution in [2.24, 2.45) is 0 Å². The van der Waals surface area contributed by atoms with Crippen molar-refractivity contribution in [3.8, 4) is 0 Å². The van der Waals surface area contributed by atoms with Crippen molar-refractivity contribution in [3.05, 3.63) is 29.7 Å². The third kappa shape index (κ3) is 2.19. The molecule has 0 amide bonds. The first-order valence-electron chi connectivity index (χ1n) is 3.51. The molecule has 0 saturated carbocycles. The quantitative estimate of drug-likeness (QED) is 0.828. The monoisotopic (exact) mass is 212 g/mol. The minimum atomic E-state index is 0.392. The third-order valence-corrected chi connectivity index (χ3v) is 2.33. The molecule has 4 nitrogen and oxygen atoms in total. The van der Waals surface area contributed by atoms with Crippen molar-refractivity contribution in [2.75, 3.05) is 0 Å². The summed E-state index contributed by atoms with van der Waals surface area (Å²) in [6.45, 7) is 0. The molecule has 1 N–H and O–H groups in total. The second kappa shape index (κ2) is 3.76. The fourth-order valence-electron chi connectivity index (χ4n) is 0.764. The molecule has 0 aliphatic rings. The standard InChI is InChI=1S/C7H5ClN4S/c8-5-1-2-6(12-11-5)13-7-9-3-4-10-7/h1-4H,(H,9,10). The lowest BCUT2D eigenvalue weighted by atomic mass is 10.6. The highest BCUT2D eigenvalue weighted by Crippen LogP contribution is 2.21. The van der Waals surface area contributed by atoms with Crippen molar-refractivity contribution in [1.82, 2.24) is 20.2 Å². The van der Waals surface area contributed by atoms with Gasteiger partial charge in [-0.1, -0.05) is 11.6 Å². The van der Waals surface area contributed by atoms with Gasteiger partial charge in [0.2, 0.25) is 0 Å². The Morgan fingerprint density at radius 2 is 2.23 bits per heavy atom. The molecule has 0 aromatic carbocycles. The molecule has 0 aliphatic carbocycles. The number of imidazole rings is 1. The van der Waals surface area contributed by atoms with Gasteiger partial charge in [-0.05, 0) is 23.9 Å². The second-order valence-electron chi connectivity index (χ2n) is 2.19. The summed E-state index contributed by atoms with van der Waals surface area (Å²) >= 11 is 6.99. The van der Waals surface area contributed by atoms with Crippen molar-refractivity contribution < 1.29 is 0 Å². The maximum absolute atomic E-state index is 5.59. The van der Waals surface area contributed by atoms with Crippen molar-refractivity contribution in [2.45, 2.75) is 10.2 Å². The second-order valence-corrected chi connectivity index (χ2v) is 3.59. The van der Waals surface area contributed by atoms with E-state index in [1.54, 1.807) is 24.5 Å². The van der Waals surface area contributed by atoms with Crippen LogP contribution in [0.25, 0.3) is 0 Å². The lowest BCUT2D eigenvalue weighted by Crippen LogP contribution is -1.85. The lowest BCUT2D eigenvalue weighted by molar-refractivity contribution is 0.923. The van der Waals surface area contributed by atoms with Crippen LogP contribution in [0.2, 0.25) is 5.15 Å². The van der Waals surface area contributed by atoms with Crippen molar-refractivity contribution in [3.63, 3.8) is 0 Å². The molecule has 0 aliphatic heterocycles. The average molecular weight is 213 g/mol. The number of aromatic nitrogens is 4. The summed E-state index contributed by atoms with van der Waals surface area (Å²) in [7, 11) is 0. The Hall–Kier alpha value is -1.07. The maximum Gasteiger partial charge on any atom is 0.171 e. The molecule has 0 fully saturated rings. The number of aromatic amines is 1. The maximum atomic E-state index is 5.59. The Morgan fingerprint density at radius 1 is 1.31 bits per heavy atom. The Bertz CT molecular complexity index is 372. The minimum Gasteiger partial charge on any atom is -0.339 e. The van der Waals surface area contributed by atoms with Crippen LogP contribution in [0.1, 0.15) is 0 Å². The first kappa shape index (κ1) is 8.52. The number of hydrogen-bond donors (Lipinski definition) is 1. The molecule has 0 atom stereocenters. The predicted octanol–water partition coefficient (Wildman–Crippen LogP) is 2.00. The molecular formula is C7H5ClN4S. The van der Waals surface area contributed by atoms with Crippen LogP contribution in [0.5, 0.6) is 0 Å². The Labute approximate surface area is 83.8 Å². The van der Waals surface area contributed by atoms with Gasteiger partial charge in [0.15, 0.2) is 10.3 Å². The number of rotatable bonds is 2. The summed E-state index contributed by atoms with van der Waals surface area (Å²) < 4.78 is 0. The first-order chi connectivity index (χ1) is 6.34. The molecule has 6 heteroatoms. The average Bonchev–Trinajstić information content (AvgIpc) is 2.62. The van der Waals surface area contributed by atoms with Crippen molar-refractivity contribution >= 4 is 23.4 Å². The Morgan fingerprint density at radius 3 is 2.85 bits per heavy atom. The highest BCUT2D eigenvalue weighted by atomic mass is 35.5. The summed E-state index contributed by atoms with van der Waals surface area (Å²) in [5, 5.41) is 9.53. The zero-order chi connectivity index (χ0) is 9.10. The van der Waals surface area contributed by atoms with Crippen LogP contribution in [0.3, 0.4) is 0 Å². The van der Waals surface area contributed by atoms with Gasteiger partial charge in [-0.2, -0.15) is 0 Å². The van der Waals surface area contributed by atoms with Crippen LogP contribution >= 0.6 is 23.4 Å². The van der Waals surface area contributed by atoms with Crippen LogP contribution in [0.15, 0.2) is 34.7 Å². The third-order valence-electron chi connectivity index (χ3n) is 1.28. The molecule has 2 aromatic heterocycles. The minimum absolute atomic E-state index is 0.392. The van der Waals surface area contributed by atoms with Gasteiger partial charge in [-0.25, -0.2) is 4.98 Å². The summed E-state index contributed by atoms with van der Waals surface area (Å²) in [6, 6.07) is 3.49. The molecule has 66 valence electrons. The smallest absolute Gasteiger partial charge is 0.171 e. The predicted molar refractivity (Wildman–Crippen MR) is 49.8 cm³/mol. The van der Waals surface area contributed by atoms with Gasteiger partial charge in [0.25, 0.3) is 0 Å². The summed E-state index contributed by atoms with van der Waals surface area (Å²) in [5.74, 6) is 0. The van der Waals surface area contributed by atoms with Gasteiger partial charge in [0, 0.05) is 12.4 Å². The van der Waals surface area contributed by atoms with Gasteiger partial charge in [-0.3, -0.25) is 0 Å². The normalized spacial score (nSPS) is 10.2. The highest BCUT2D eigenvalue weighted by molar-refractivity contribution is 7.99. The molecule has 0 saturated heterocycles. The SMILES string of the molecule is Clc1ccc(Sc2ncc[nH]2)nn1. The van der Waals surface area contributed by atoms with Gasteiger partial charge in [0.1, 0.15) is 5.03 Å². The summed E-state index contributed by atoms with van der Waals surface area (Å²) in [5.41, 5.74) is 0. The van der Waals surface area contributed by atoms with E-state index in [0.29, 0.717) is 5.15 Å². The summed E-state index contributed by atoms with van der Waals surface area (Å²) in [6.07, 6.45) is 3.44. The number of halogens is 1. The van der Waals surface area contributed by atoms with E-state index < -0.39 is 0 Å². The van der Waals surface area contributed by atoms with Gasteiger partial charge in [-0.15, -0.1) is 10.2 Å². The van der Waals surface area contributed by atoms with E-state index in [1.807, 2.05) is 0 Å². The molecule has 0 spiro atoms. The topological polar surface area (TPSA) is 54.5 Å². The number of H-pyrrole nitrogens is 1. The number of nitrogens with one attached hydrogen (secondary N) is 1. The molecule has 2 heterocycles. The Kier molecular flexibility index (Phi) is 2.47. The first-order valence-corrected chi connectivity index (χ1v) is 4.70. The highest BCUT2D eigenvalue weighted by Gasteiger charge is 2.00. The molecule has 0 radical (unpaired) electrons. The molecule has 0 unspecified atom stereocenters. The molecular weight excluding hydrogens is 208 g/mol. The number of nitrogens with zero attached hydrogens (tertiary/aromatic N) is 3. The van der Waals surface area contributed by atoms with E-state index in [4.69, 9.17) is 11.6 Å².